The second-order valence-electron chi connectivity index (χ2n) is 5.69. The van der Waals surface area contributed by atoms with Gasteiger partial charge in [-0.15, -0.1) is 0 Å². The van der Waals surface area contributed by atoms with E-state index in [1.54, 1.807) is 0 Å². The summed E-state index contributed by atoms with van der Waals surface area (Å²) in [5, 5.41) is 2.86. The van der Waals surface area contributed by atoms with Crippen LogP contribution in [0.15, 0.2) is 22.7 Å². The van der Waals surface area contributed by atoms with Gasteiger partial charge in [0.25, 0.3) is 5.91 Å². The van der Waals surface area contributed by atoms with E-state index in [2.05, 4.69) is 35.1 Å². The van der Waals surface area contributed by atoms with E-state index < -0.39 is 17.6 Å². The molecule has 3 unspecified atom stereocenters. The highest BCUT2D eigenvalue weighted by atomic mass is 79.9. The average Bonchev–Trinajstić information content (AvgIpc) is 2.69. The van der Waals surface area contributed by atoms with Crippen LogP contribution in [0.2, 0.25) is 0 Å². The van der Waals surface area contributed by atoms with Gasteiger partial charge in [0.2, 0.25) is 0 Å². The van der Waals surface area contributed by atoms with Crippen LogP contribution in [-0.2, 0) is 6.18 Å². The van der Waals surface area contributed by atoms with Crippen LogP contribution >= 0.6 is 15.9 Å². The van der Waals surface area contributed by atoms with Gasteiger partial charge in [-0.25, -0.2) is 0 Å². The molecular weight excluding hydrogens is 347 g/mol. The van der Waals surface area contributed by atoms with Gasteiger partial charge >= 0.3 is 6.18 Å². The highest BCUT2D eigenvalue weighted by molar-refractivity contribution is 9.10. The number of carbonyl (C=O) groups excluding carboxylic acids is 1. The molecule has 0 bridgehead atoms. The molecule has 1 aromatic carbocycles. The molecule has 1 saturated carbocycles. The molecule has 0 heterocycles. The van der Waals surface area contributed by atoms with Crippen molar-refractivity contribution in [2.45, 2.75) is 38.9 Å². The van der Waals surface area contributed by atoms with Crippen LogP contribution in [0.25, 0.3) is 0 Å². The maximum absolute atomic E-state index is 12.7. The summed E-state index contributed by atoms with van der Waals surface area (Å²) < 4.78 is 38.6. The fourth-order valence-electron chi connectivity index (χ4n) is 2.69. The zero-order valence-electron chi connectivity index (χ0n) is 11.8. The van der Waals surface area contributed by atoms with Crippen molar-refractivity contribution < 1.29 is 18.0 Å². The number of benzene rings is 1. The summed E-state index contributed by atoms with van der Waals surface area (Å²) in [5.41, 5.74) is -0.791. The van der Waals surface area contributed by atoms with Crippen LogP contribution in [0.3, 0.4) is 0 Å². The standard InChI is InChI=1S/C15H17BrF3NO/c1-8-3-6-13(9(8)2)20-14(21)11-7-10(15(17,18)19)4-5-12(11)16/h4-5,7-9,13H,3,6H2,1-2H3,(H,20,21). The average molecular weight is 364 g/mol. The van der Waals surface area contributed by atoms with Crippen LogP contribution in [0.1, 0.15) is 42.6 Å². The molecule has 1 N–H and O–H groups in total. The summed E-state index contributed by atoms with van der Waals surface area (Å²) >= 11 is 3.15. The van der Waals surface area contributed by atoms with Crippen molar-refractivity contribution >= 4 is 21.8 Å². The highest BCUT2D eigenvalue weighted by Gasteiger charge is 2.33. The summed E-state index contributed by atoms with van der Waals surface area (Å²) in [5.74, 6) is 0.387. The Morgan fingerprint density at radius 2 is 1.95 bits per heavy atom. The van der Waals surface area contributed by atoms with Crippen LogP contribution in [0.5, 0.6) is 0 Å². The zero-order valence-corrected chi connectivity index (χ0v) is 13.4. The number of halogens is 4. The summed E-state index contributed by atoms with van der Waals surface area (Å²) in [6.07, 6.45) is -2.56. The third-order valence-electron chi connectivity index (χ3n) is 4.32. The zero-order chi connectivity index (χ0) is 15.8. The third-order valence-corrected chi connectivity index (χ3v) is 5.01. The second-order valence-corrected chi connectivity index (χ2v) is 6.54. The van der Waals surface area contributed by atoms with Crippen LogP contribution in [0, 0.1) is 11.8 Å². The van der Waals surface area contributed by atoms with Gasteiger partial charge in [0.1, 0.15) is 0 Å². The number of amides is 1. The van der Waals surface area contributed by atoms with Crippen LogP contribution in [-0.4, -0.2) is 11.9 Å². The predicted molar refractivity (Wildman–Crippen MR) is 78.0 cm³/mol. The lowest BCUT2D eigenvalue weighted by atomic mass is 9.97. The first-order chi connectivity index (χ1) is 9.70. The first-order valence-electron chi connectivity index (χ1n) is 6.87. The normalized spacial score (nSPS) is 25.9. The molecule has 1 aromatic rings. The van der Waals surface area contributed by atoms with Gasteiger partial charge in [0.15, 0.2) is 0 Å². The molecule has 0 spiro atoms. The minimum atomic E-state index is -4.45. The van der Waals surface area contributed by atoms with E-state index in [0.29, 0.717) is 16.3 Å². The van der Waals surface area contributed by atoms with E-state index in [1.807, 2.05) is 0 Å². The SMILES string of the molecule is CC1CCC(NC(=O)c2cc(C(F)(F)F)ccc2Br)C1C. The molecule has 116 valence electrons. The summed E-state index contributed by atoms with van der Waals surface area (Å²) in [6, 6.07) is 3.14. The fraction of sp³-hybridized carbons (Fsp3) is 0.533. The Kier molecular flexibility index (Phi) is 4.66. The molecule has 0 aliphatic heterocycles. The maximum Gasteiger partial charge on any atom is 0.416 e. The van der Waals surface area contributed by atoms with Crippen molar-refractivity contribution in [1.82, 2.24) is 5.32 Å². The van der Waals surface area contributed by atoms with Gasteiger partial charge in [-0.1, -0.05) is 13.8 Å². The Morgan fingerprint density at radius 1 is 1.29 bits per heavy atom. The van der Waals surface area contributed by atoms with Gasteiger partial charge in [0.05, 0.1) is 11.1 Å². The lowest BCUT2D eigenvalue weighted by Gasteiger charge is -2.20. The second kappa shape index (κ2) is 5.99. The van der Waals surface area contributed by atoms with Crippen molar-refractivity contribution in [2.75, 3.05) is 0 Å². The van der Waals surface area contributed by atoms with E-state index in [4.69, 9.17) is 0 Å². The number of hydrogen-bond acceptors (Lipinski definition) is 1. The third kappa shape index (κ3) is 3.59. The summed E-state index contributed by atoms with van der Waals surface area (Å²) in [4.78, 5) is 12.2. The number of nitrogens with one attached hydrogen (secondary N) is 1. The first kappa shape index (κ1) is 16.3. The van der Waals surface area contributed by atoms with Crippen molar-refractivity contribution in [3.05, 3.63) is 33.8 Å². The highest BCUT2D eigenvalue weighted by Crippen LogP contribution is 2.33. The Morgan fingerprint density at radius 3 is 2.48 bits per heavy atom. The molecular formula is C15H17BrF3NO. The molecule has 21 heavy (non-hydrogen) atoms. The molecule has 1 aliphatic carbocycles. The molecule has 0 radical (unpaired) electrons. The van der Waals surface area contributed by atoms with E-state index in [0.717, 1.165) is 25.0 Å². The molecule has 1 amide bonds. The minimum Gasteiger partial charge on any atom is -0.349 e. The number of rotatable bonds is 2. The molecule has 0 saturated heterocycles. The molecule has 1 aliphatic rings. The lowest BCUT2D eigenvalue weighted by Crippen LogP contribution is -2.37. The maximum atomic E-state index is 12.7. The van der Waals surface area contributed by atoms with Gasteiger partial charge in [-0.05, 0) is 58.8 Å². The smallest absolute Gasteiger partial charge is 0.349 e. The van der Waals surface area contributed by atoms with Gasteiger partial charge in [-0.2, -0.15) is 13.2 Å². The molecule has 0 aromatic heterocycles. The van der Waals surface area contributed by atoms with E-state index in [1.165, 1.54) is 6.07 Å². The fourth-order valence-corrected chi connectivity index (χ4v) is 3.12. The quantitative estimate of drug-likeness (QED) is 0.815. The van der Waals surface area contributed by atoms with Crippen LogP contribution in [0.4, 0.5) is 13.2 Å². The Labute approximate surface area is 130 Å². The van der Waals surface area contributed by atoms with Gasteiger partial charge in [-0.3, -0.25) is 4.79 Å². The van der Waals surface area contributed by atoms with E-state index in [9.17, 15) is 18.0 Å². The summed E-state index contributed by atoms with van der Waals surface area (Å²) in [7, 11) is 0. The minimum absolute atomic E-state index is 0.0222. The van der Waals surface area contributed by atoms with Crippen LogP contribution < -0.4 is 5.32 Å². The van der Waals surface area contributed by atoms with Crippen molar-refractivity contribution in [2.24, 2.45) is 11.8 Å². The largest absolute Gasteiger partial charge is 0.416 e. The van der Waals surface area contributed by atoms with Crippen molar-refractivity contribution in [1.29, 1.82) is 0 Å². The lowest BCUT2D eigenvalue weighted by molar-refractivity contribution is -0.137. The predicted octanol–water partition coefficient (Wildman–Crippen LogP) is 4.63. The Bertz CT molecular complexity index is 544. The van der Waals surface area contributed by atoms with E-state index >= 15 is 0 Å². The Hall–Kier alpha value is -1.04. The number of hydrogen-bond donors (Lipinski definition) is 1. The topological polar surface area (TPSA) is 29.1 Å². The molecule has 3 atom stereocenters. The van der Waals surface area contributed by atoms with Gasteiger partial charge in [0, 0.05) is 10.5 Å². The molecule has 2 nitrogen and oxygen atoms in total. The first-order valence-corrected chi connectivity index (χ1v) is 7.67. The number of carbonyl (C=O) groups is 1. The number of alkyl halides is 3. The molecule has 6 heteroatoms. The van der Waals surface area contributed by atoms with Crippen molar-refractivity contribution in [3.8, 4) is 0 Å². The Balaban J connectivity index is 2.19. The van der Waals surface area contributed by atoms with Crippen molar-refractivity contribution in [3.63, 3.8) is 0 Å². The van der Waals surface area contributed by atoms with Gasteiger partial charge < -0.3 is 5.32 Å². The van der Waals surface area contributed by atoms with E-state index in [-0.39, 0.29) is 11.6 Å². The molecule has 1 fully saturated rings. The summed E-state index contributed by atoms with van der Waals surface area (Å²) in [6.45, 7) is 4.18. The monoisotopic (exact) mass is 363 g/mol. The molecule has 2 rings (SSSR count).